The molecule has 2 amide bonds. The summed E-state index contributed by atoms with van der Waals surface area (Å²) in [5.74, 6) is -0.226. The van der Waals surface area contributed by atoms with Gasteiger partial charge < -0.3 is 14.2 Å². The molecule has 2 heterocycles. The van der Waals surface area contributed by atoms with Crippen molar-refractivity contribution in [2.75, 3.05) is 25.2 Å². The van der Waals surface area contributed by atoms with Crippen LogP contribution in [0.2, 0.25) is 0 Å². The number of aryl methyl sites for hydroxylation is 1. The van der Waals surface area contributed by atoms with Crippen LogP contribution in [-0.2, 0) is 14.3 Å². The van der Waals surface area contributed by atoms with Gasteiger partial charge in [-0.1, -0.05) is 42.0 Å². The van der Waals surface area contributed by atoms with Gasteiger partial charge in [-0.25, -0.2) is 0 Å². The van der Waals surface area contributed by atoms with Crippen molar-refractivity contribution in [3.63, 3.8) is 0 Å². The van der Waals surface area contributed by atoms with E-state index in [4.69, 9.17) is 4.74 Å². The van der Waals surface area contributed by atoms with Gasteiger partial charge >= 0.3 is 0 Å². The van der Waals surface area contributed by atoms with Crippen LogP contribution < -0.4 is 4.90 Å². The summed E-state index contributed by atoms with van der Waals surface area (Å²) in [5.41, 5.74) is 5.05. The Morgan fingerprint density at radius 1 is 1.00 bits per heavy atom. The molecular weight excluding hydrogens is 402 g/mol. The van der Waals surface area contributed by atoms with E-state index in [1.54, 1.807) is 4.90 Å². The molecular formula is C26H27N3O3. The Labute approximate surface area is 188 Å². The Morgan fingerprint density at radius 2 is 1.72 bits per heavy atom. The molecule has 1 atom stereocenters. The second-order valence-electron chi connectivity index (χ2n) is 8.55. The average Bonchev–Trinajstić information content (AvgIpc) is 3.52. The lowest BCUT2D eigenvalue weighted by Crippen LogP contribution is -2.48. The molecule has 1 aliphatic carbocycles. The molecule has 6 nitrogen and oxygen atoms in total. The second-order valence-corrected chi connectivity index (χ2v) is 8.55. The third-order valence-electron chi connectivity index (χ3n) is 6.26. The Bertz CT molecular complexity index is 1150. The summed E-state index contributed by atoms with van der Waals surface area (Å²) in [6, 6.07) is 20.2. The van der Waals surface area contributed by atoms with E-state index in [0.29, 0.717) is 0 Å². The largest absolute Gasteiger partial charge is 0.375 e. The number of ether oxygens (including phenoxy) is 1. The highest BCUT2D eigenvalue weighted by atomic mass is 16.5. The molecule has 0 saturated heterocycles. The number of rotatable bonds is 6. The molecule has 1 aromatic heterocycles. The van der Waals surface area contributed by atoms with Crippen LogP contribution in [0, 0.1) is 6.92 Å². The molecule has 0 N–H and O–H groups in total. The van der Waals surface area contributed by atoms with Gasteiger partial charge in [-0.2, -0.15) is 0 Å². The fourth-order valence-electron chi connectivity index (χ4n) is 4.56. The summed E-state index contributed by atoms with van der Waals surface area (Å²) >= 11 is 0. The summed E-state index contributed by atoms with van der Waals surface area (Å²) < 4.78 is 7.22. The molecule has 0 radical (unpaired) electrons. The van der Waals surface area contributed by atoms with Gasteiger partial charge in [-0.15, -0.1) is 0 Å². The van der Waals surface area contributed by atoms with Gasteiger partial charge in [0.25, 0.3) is 0 Å². The highest BCUT2D eigenvalue weighted by molar-refractivity contribution is 6.00. The van der Waals surface area contributed by atoms with Crippen LogP contribution in [0.1, 0.15) is 35.7 Å². The van der Waals surface area contributed by atoms with Gasteiger partial charge in [0.2, 0.25) is 11.8 Å². The zero-order chi connectivity index (χ0) is 22.2. The van der Waals surface area contributed by atoms with Crippen LogP contribution in [0.3, 0.4) is 0 Å². The number of hydrogen-bond acceptors (Lipinski definition) is 3. The Hall–Kier alpha value is -3.38. The highest BCUT2D eigenvalue weighted by Crippen LogP contribution is 2.42. The molecule has 1 unspecified atom stereocenters. The van der Waals surface area contributed by atoms with E-state index in [1.807, 2.05) is 41.4 Å². The first-order valence-corrected chi connectivity index (χ1v) is 11.0. The SMILES string of the molecule is COCC(=O)N(CC(=O)N1c2ccccc2-n2cccc2C1c1ccc(C)cc1)C1CC1. The fourth-order valence-corrected chi connectivity index (χ4v) is 4.56. The number of benzene rings is 2. The van der Waals surface area contributed by atoms with Crippen molar-refractivity contribution >= 4 is 17.5 Å². The lowest BCUT2D eigenvalue weighted by atomic mass is 9.97. The standard InChI is InChI=1S/C26H27N3O3/c1-18-9-11-19(12-10-18)26-23-8-5-15-27(23)21-6-3-4-7-22(21)29(26)24(30)16-28(20-13-14-20)25(31)17-32-2/h3-12,15,20,26H,13-14,16-17H2,1-2H3. The third-order valence-corrected chi connectivity index (χ3v) is 6.26. The van der Waals surface area contributed by atoms with Crippen LogP contribution in [0.5, 0.6) is 0 Å². The van der Waals surface area contributed by atoms with E-state index >= 15 is 0 Å². The predicted octanol–water partition coefficient (Wildman–Crippen LogP) is 3.86. The second kappa shape index (κ2) is 8.28. The smallest absolute Gasteiger partial charge is 0.249 e. The zero-order valence-corrected chi connectivity index (χ0v) is 18.4. The van der Waals surface area contributed by atoms with Gasteiger partial charge in [-0.3, -0.25) is 14.5 Å². The first-order chi connectivity index (χ1) is 15.6. The van der Waals surface area contributed by atoms with Crippen molar-refractivity contribution in [3.8, 4) is 5.69 Å². The van der Waals surface area contributed by atoms with Crippen molar-refractivity contribution < 1.29 is 14.3 Å². The summed E-state index contributed by atoms with van der Waals surface area (Å²) in [7, 11) is 1.51. The van der Waals surface area contributed by atoms with Crippen molar-refractivity contribution in [3.05, 3.63) is 83.7 Å². The summed E-state index contributed by atoms with van der Waals surface area (Å²) in [6.07, 6.45) is 3.91. The lowest BCUT2D eigenvalue weighted by Gasteiger charge is -2.39. The Morgan fingerprint density at radius 3 is 2.41 bits per heavy atom. The van der Waals surface area contributed by atoms with Gasteiger partial charge in [0.1, 0.15) is 19.2 Å². The van der Waals surface area contributed by atoms with E-state index in [2.05, 4.69) is 41.8 Å². The maximum atomic E-state index is 13.9. The lowest BCUT2D eigenvalue weighted by molar-refractivity contribution is -0.139. The molecule has 0 spiro atoms. The van der Waals surface area contributed by atoms with Gasteiger partial charge in [-0.05, 0) is 49.6 Å². The minimum absolute atomic E-state index is 0.00932. The number of hydrogen-bond donors (Lipinski definition) is 0. The van der Waals surface area contributed by atoms with Crippen LogP contribution in [0.15, 0.2) is 66.9 Å². The minimum atomic E-state index is -0.272. The number of aromatic nitrogens is 1. The Balaban J connectivity index is 1.58. The maximum Gasteiger partial charge on any atom is 0.249 e. The van der Waals surface area contributed by atoms with Gasteiger partial charge in [0.05, 0.1) is 17.1 Å². The van der Waals surface area contributed by atoms with E-state index < -0.39 is 0 Å². The molecule has 0 bridgehead atoms. The molecule has 2 aromatic carbocycles. The fraction of sp³-hybridized carbons (Fsp3) is 0.308. The number of fused-ring (bicyclic) bond motifs is 3. The maximum absolute atomic E-state index is 13.9. The summed E-state index contributed by atoms with van der Waals surface area (Å²) in [6.45, 7) is 2.09. The molecule has 1 fully saturated rings. The highest BCUT2D eigenvalue weighted by Gasteiger charge is 2.39. The van der Waals surface area contributed by atoms with Gasteiger partial charge in [0.15, 0.2) is 0 Å². The number of anilines is 1. The van der Waals surface area contributed by atoms with Crippen molar-refractivity contribution in [1.29, 1.82) is 0 Å². The van der Waals surface area contributed by atoms with E-state index in [0.717, 1.165) is 35.5 Å². The molecule has 6 heteroatoms. The van der Waals surface area contributed by atoms with E-state index in [9.17, 15) is 9.59 Å². The van der Waals surface area contributed by atoms with Crippen LogP contribution in [0.4, 0.5) is 5.69 Å². The van der Waals surface area contributed by atoms with Crippen molar-refractivity contribution in [2.24, 2.45) is 0 Å². The topological polar surface area (TPSA) is 54.8 Å². The number of nitrogens with zero attached hydrogens (tertiary/aromatic N) is 3. The number of carbonyl (C=O) groups is 2. The van der Waals surface area contributed by atoms with Crippen molar-refractivity contribution in [2.45, 2.75) is 31.8 Å². The number of carbonyl (C=O) groups excluding carboxylic acids is 2. The quantitative estimate of drug-likeness (QED) is 0.598. The third kappa shape index (κ3) is 3.60. The van der Waals surface area contributed by atoms with E-state index in [1.165, 1.54) is 12.7 Å². The Kier molecular flexibility index (Phi) is 5.31. The predicted molar refractivity (Wildman–Crippen MR) is 123 cm³/mol. The monoisotopic (exact) mass is 429 g/mol. The van der Waals surface area contributed by atoms with Gasteiger partial charge in [0, 0.05) is 19.3 Å². The minimum Gasteiger partial charge on any atom is -0.375 e. The molecule has 3 aromatic rings. The first kappa shape index (κ1) is 20.5. The molecule has 164 valence electrons. The summed E-state index contributed by atoms with van der Waals surface area (Å²) in [4.78, 5) is 30.1. The molecule has 1 saturated carbocycles. The van der Waals surface area contributed by atoms with Crippen LogP contribution >= 0.6 is 0 Å². The van der Waals surface area contributed by atoms with E-state index in [-0.39, 0.29) is 37.0 Å². The number of amides is 2. The first-order valence-electron chi connectivity index (χ1n) is 11.0. The molecule has 5 rings (SSSR count). The number of methoxy groups -OCH3 is 1. The molecule has 32 heavy (non-hydrogen) atoms. The molecule has 1 aliphatic heterocycles. The average molecular weight is 430 g/mol. The van der Waals surface area contributed by atoms with Crippen LogP contribution in [-0.4, -0.2) is 47.6 Å². The zero-order valence-electron chi connectivity index (χ0n) is 18.4. The number of para-hydroxylation sites is 2. The molecule has 2 aliphatic rings. The summed E-state index contributed by atoms with van der Waals surface area (Å²) in [5, 5.41) is 0. The van der Waals surface area contributed by atoms with Crippen molar-refractivity contribution in [1.82, 2.24) is 9.47 Å². The normalized spacial score (nSPS) is 16.9. The van der Waals surface area contributed by atoms with Crippen LogP contribution in [0.25, 0.3) is 5.69 Å².